The number of nitrogens with zero attached hydrogens (tertiary/aromatic N) is 1. The molecular formula is C55H79NO2P2. The van der Waals surface area contributed by atoms with Gasteiger partial charge in [0, 0.05) is 17.6 Å². The van der Waals surface area contributed by atoms with Crippen molar-refractivity contribution in [2.24, 2.45) is 5.41 Å². The first kappa shape index (κ1) is 48.2. The van der Waals surface area contributed by atoms with E-state index in [-0.39, 0.29) is 12.0 Å². The number of carboxylic acid groups (broad SMARTS) is 1. The second-order valence-electron chi connectivity index (χ2n) is 17.9. The summed E-state index contributed by atoms with van der Waals surface area (Å²) in [4.78, 5) is 15.7. The van der Waals surface area contributed by atoms with E-state index in [9.17, 15) is 9.90 Å². The van der Waals surface area contributed by atoms with E-state index >= 15 is 0 Å². The van der Waals surface area contributed by atoms with E-state index in [4.69, 9.17) is 0 Å². The summed E-state index contributed by atoms with van der Waals surface area (Å²) in [6, 6.07) is 45.2. The molecule has 0 unspecified atom stereocenters. The van der Waals surface area contributed by atoms with Gasteiger partial charge in [0.25, 0.3) is 0 Å². The van der Waals surface area contributed by atoms with Gasteiger partial charge >= 0.3 is 5.97 Å². The fourth-order valence-electron chi connectivity index (χ4n) is 10.5. The summed E-state index contributed by atoms with van der Waals surface area (Å²) in [6.07, 6.45) is 28.7. The van der Waals surface area contributed by atoms with Gasteiger partial charge in [0.05, 0.1) is 11.8 Å². The Balaban J connectivity index is 1.60. The first-order chi connectivity index (χ1) is 29.5. The highest BCUT2D eigenvalue weighted by Gasteiger charge is 2.65. The molecule has 4 aromatic carbocycles. The van der Waals surface area contributed by atoms with Crippen molar-refractivity contribution < 1.29 is 9.90 Å². The van der Waals surface area contributed by atoms with Crippen LogP contribution < -0.4 is 21.2 Å². The van der Waals surface area contributed by atoms with Crippen LogP contribution in [0.1, 0.15) is 162 Å². The highest BCUT2D eigenvalue weighted by Crippen LogP contribution is 2.71. The molecule has 2 atom stereocenters. The Bertz CT molecular complexity index is 1620. The van der Waals surface area contributed by atoms with Gasteiger partial charge in [0.15, 0.2) is 0 Å². The summed E-state index contributed by atoms with van der Waals surface area (Å²) in [5, 5.41) is 16.0. The minimum Gasteiger partial charge on any atom is -0.480 e. The van der Waals surface area contributed by atoms with Gasteiger partial charge in [-0.15, -0.1) is 0 Å². The third-order valence-electron chi connectivity index (χ3n) is 13.7. The molecule has 5 rings (SSSR count). The average Bonchev–Trinajstić information content (AvgIpc) is 3.49. The number of carboxylic acids is 1. The third-order valence-corrected chi connectivity index (χ3v) is 19.9. The first-order valence-electron chi connectivity index (χ1n) is 24.2. The second-order valence-corrected chi connectivity index (χ2v) is 22.8. The Morgan fingerprint density at radius 3 is 1.17 bits per heavy atom. The van der Waals surface area contributed by atoms with Crippen LogP contribution in [-0.4, -0.2) is 40.0 Å². The Hall–Kier alpha value is -2.83. The number of hydrogen-bond acceptors (Lipinski definition) is 2. The monoisotopic (exact) mass is 848 g/mol. The van der Waals surface area contributed by atoms with Gasteiger partial charge in [-0.3, -0.25) is 9.69 Å². The van der Waals surface area contributed by atoms with Crippen LogP contribution in [0.4, 0.5) is 0 Å². The quantitative estimate of drug-likeness (QED) is 0.0420. The van der Waals surface area contributed by atoms with E-state index in [0.29, 0.717) is 5.66 Å². The van der Waals surface area contributed by atoms with Crippen LogP contribution in [0.25, 0.3) is 0 Å². The summed E-state index contributed by atoms with van der Waals surface area (Å²) in [5.74, 6) is -0.714. The molecule has 1 heterocycles. The third kappa shape index (κ3) is 13.3. The standard InChI is InChI=1S/C55H79NO2P2/c1-4-6-8-10-12-14-16-18-20-34-44-55(45-35-21-19-17-15-13-11-9-7-5-2)52(59(48-36-26-22-27-37-48)49-38-28-23-29-39-49)46-56(47-53(57)58)54(55,3)60(50-40-30-24-31-41-50)51-42-32-25-33-43-51/h22-33,36-43,52H,4-21,34-35,44-47H2,1-3H3,(H,57,58)/t52-,54+/m1/s1. The van der Waals surface area contributed by atoms with Gasteiger partial charge in [0.1, 0.15) is 0 Å². The average molecular weight is 848 g/mol. The van der Waals surface area contributed by atoms with Crippen molar-refractivity contribution in [1.82, 2.24) is 4.90 Å². The Labute approximate surface area is 369 Å². The highest BCUT2D eigenvalue weighted by molar-refractivity contribution is 7.75. The summed E-state index contributed by atoms with van der Waals surface area (Å²) in [5.41, 5.74) is 0.188. The molecule has 0 saturated carbocycles. The molecule has 326 valence electrons. The van der Waals surface area contributed by atoms with E-state index in [1.165, 1.54) is 150 Å². The predicted octanol–water partition coefficient (Wildman–Crippen LogP) is 14.3. The van der Waals surface area contributed by atoms with Gasteiger partial charge < -0.3 is 5.11 Å². The Morgan fingerprint density at radius 2 is 0.833 bits per heavy atom. The summed E-state index contributed by atoms with van der Waals surface area (Å²) >= 11 is 0. The molecule has 4 aromatic rings. The van der Waals surface area contributed by atoms with Crippen molar-refractivity contribution in [3.05, 3.63) is 121 Å². The molecule has 60 heavy (non-hydrogen) atoms. The minimum atomic E-state index is -0.984. The molecule has 0 spiro atoms. The fraction of sp³-hybridized carbons (Fsp3) is 0.545. The lowest BCUT2D eigenvalue weighted by Gasteiger charge is -2.55. The predicted molar refractivity (Wildman–Crippen MR) is 265 cm³/mol. The van der Waals surface area contributed by atoms with Gasteiger partial charge in [-0.05, 0) is 56.8 Å². The van der Waals surface area contributed by atoms with Crippen molar-refractivity contribution in [3.63, 3.8) is 0 Å². The number of hydrogen-bond donors (Lipinski definition) is 1. The molecule has 0 aromatic heterocycles. The number of carbonyl (C=O) groups is 1. The summed E-state index contributed by atoms with van der Waals surface area (Å²) in [7, 11) is -1.80. The molecule has 3 nitrogen and oxygen atoms in total. The van der Waals surface area contributed by atoms with Gasteiger partial charge in [-0.1, -0.05) is 264 Å². The lowest BCUT2D eigenvalue weighted by atomic mass is 9.71. The largest absolute Gasteiger partial charge is 0.480 e. The molecule has 5 heteroatoms. The second kappa shape index (κ2) is 26.6. The Morgan fingerprint density at radius 1 is 0.517 bits per heavy atom. The van der Waals surface area contributed by atoms with Crippen molar-refractivity contribution in [1.29, 1.82) is 0 Å². The molecule has 0 amide bonds. The van der Waals surface area contributed by atoms with Crippen LogP contribution in [0, 0.1) is 5.41 Å². The van der Waals surface area contributed by atoms with Gasteiger partial charge in [-0.25, -0.2) is 0 Å². The number of unbranched alkanes of at least 4 members (excludes halogenated alkanes) is 18. The lowest BCUT2D eigenvalue weighted by Crippen LogP contribution is -2.56. The van der Waals surface area contributed by atoms with Crippen molar-refractivity contribution in [3.8, 4) is 0 Å². The van der Waals surface area contributed by atoms with Gasteiger partial charge in [-0.2, -0.15) is 0 Å². The first-order valence-corrected chi connectivity index (χ1v) is 27.0. The smallest absolute Gasteiger partial charge is 0.317 e. The normalized spacial score (nSPS) is 17.8. The molecule has 1 N–H and O–H groups in total. The molecule has 1 aliphatic heterocycles. The summed E-state index contributed by atoms with van der Waals surface area (Å²) in [6.45, 7) is 8.02. The minimum absolute atomic E-state index is 0.0655. The number of benzene rings is 4. The molecule has 0 aliphatic carbocycles. The molecular weight excluding hydrogens is 769 g/mol. The van der Waals surface area contributed by atoms with E-state index in [2.05, 4.69) is 147 Å². The van der Waals surface area contributed by atoms with E-state index in [1.54, 1.807) is 0 Å². The van der Waals surface area contributed by atoms with Gasteiger partial charge in [0.2, 0.25) is 0 Å². The van der Waals surface area contributed by atoms with Crippen LogP contribution in [0.5, 0.6) is 0 Å². The van der Waals surface area contributed by atoms with E-state index in [0.717, 1.165) is 19.4 Å². The van der Waals surface area contributed by atoms with Crippen molar-refractivity contribution in [2.75, 3.05) is 13.1 Å². The lowest BCUT2D eigenvalue weighted by molar-refractivity contribution is -0.139. The van der Waals surface area contributed by atoms with E-state index in [1.807, 2.05) is 0 Å². The molecule has 1 aliphatic rings. The molecule has 1 fully saturated rings. The zero-order chi connectivity index (χ0) is 42.3. The van der Waals surface area contributed by atoms with Crippen LogP contribution in [-0.2, 0) is 4.79 Å². The fourth-order valence-corrected chi connectivity index (χ4v) is 17.5. The summed E-state index contributed by atoms with van der Waals surface area (Å²) < 4.78 is 0. The number of aliphatic carboxylic acids is 1. The molecule has 1 saturated heterocycles. The number of rotatable bonds is 30. The zero-order valence-corrected chi connectivity index (χ0v) is 39.6. The number of likely N-dealkylation sites (tertiary alicyclic amines) is 1. The Kier molecular flexibility index (Phi) is 21.4. The maximum Gasteiger partial charge on any atom is 0.317 e. The topological polar surface area (TPSA) is 40.5 Å². The van der Waals surface area contributed by atoms with Crippen LogP contribution in [0.2, 0.25) is 0 Å². The maximum atomic E-state index is 13.2. The molecule has 0 radical (unpaired) electrons. The maximum absolute atomic E-state index is 13.2. The van der Waals surface area contributed by atoms with Crippen LogP contribution in [0.15, 0.2) is 121 Å². The molecule has 0 bridgehead atoms. The van der Waals surface area contributed by atoms with E-state index < -0.39 is 27.1 Å². The van der Waals surface area contributed by atoms with Crippen LogP contribution in [0.3, 0.4) is 0 Å². The zero-order valence-electron chi connectivity index (χ0n) is 37.8. The SMILES string of the molecule is CCCCCCCCCCCCC1(CCCCCCCCCCCC)[C@H](P(c2ccccc2)c2ccccc2)CN(CC(=O)O)[C@@]1(C)P(c1ccccc1)c1ccccc1. The highest BCUT2D eigenvalue weighted by atomic mass is 31.1. The van der Waals surface area contributed by atoms with Crippen molar-refractivity contribution >= 4 is 43.0 Å². The van der Waals surface area contributed by atoms with Crippen LogP contribution >= 0.6 is 15.8 Å². The van der Waals surface area contributed by atoms with Crippen molar-refractivity contribution in [2.45, 2.75) is 173 Å².